The van der Waals surface area contributed by atoms with Gasteiger partial charge in [-0.2, -0.15) is 0 Å². The number of carbonyl (C=O) groups excluding carboxylic acids is 1. The fourth-order valence-electron chi connectivity index (χ4n) is 1.46. The first-order chi connectivity index (χ1) is 8.88. The summed E-state index contributed by atoms with van der Waals surface area (Å²) >= 11 is 0. The molecule has 0 aromatic carbocycles. The van der Waals surface area contributed by atoms with Crippen molar-refractivity contribution < 1.29 is 14.5 Å². The minimum Gasteiger partial charge on any atom is -0.468 e. The summed E-state index contributed by atoms with van der Waals surface area (Å²) in [6.07, 6.45) is 1.21. The fraction of sp³-hybridized carbons (Fsp3) is 0.500. The number of nitrogens with zero attached hydrogens (tertiary/aromatic N) is 5. The van der Waals surface area contributed by atoms with Crippen LogP contribution >= 0.6 is 0 Å². The number of hydrogen-bond donors (Lipinski definition) is 0. The number of hydrogen-bond acceptors (Lipinski definition) is 8. The van der Waals surface area contributed by atoms with Crippen LogP contribution in [0.2, 0.25) is 0 Å². The van der Waals surface area contributed by atoms with Crippen LogP contribution < -0.4 is 9.80 Å². The normalized spacial score (nSPS) is 9.89. The molecule has 19 heavy (non-hydrogen) atoms. The molecule has 0 saturated heterocycles. The lowest BCUT2D eigenvalue weighted by Gasteiger charge is -2.18. The van der Waals surface area contributed by atoms with Crippen molar-refractivity contribution in [3.63, 3.8) is 0 Å². The van der Waals surface area contributed by atoms with Gasteiger partial charge in [0.05, 0.1) is 12.0 Å². The Bertz CT molecular complexity index is 491. The average molecular weight is 269 g/mol. The molecule has 0 aliphatic carbocycles. The Morgan fingerprint density at radius 1 is 1.37 bits per heavy atom. The van der Waals surface area contributed by atoms with Crippen molar-refractivity contribution >= 4 is 23.3 Å². The van der Waals surface area contributed by atoms with Crippen LogP contribution in [0.4, 0.5) is 17.3 Å². The van der Waals surface area contributed by atoms with E-state index in [9.17, 15) is 14.9 Å². The lowest BCUT2D eigenvalue weighted by atomic mass is 10.3. The highest BCUT2D eigenvalue weighted by Crippen LogP contribution is 2.32. The summed E-state index contributed by atoms with van der Waals surface area (Å²) < 4.78 is 4.52. The maximum absolute atomic E-state index is 11.2. The van der Waals surface area contributed by atoms with Gasteiger partial charge in [-0.15, -0.1) is 0 Å². The topological polar surface area (TPSA) is 102 Å². The summed E-state index contributed by atoms with van der Waals surface area (Å²) in [5.74, 6) is -0.275. The molecule has 9 heteroatoms. The van der Waals surface area contributed by atoms with Crippen LogP contribution in [-0.4, -0.2) is 55.7 Å². The summed E-state index contributed by atoms with van der Waals surface area (Å²) in [5, 5.41) is 11.2. The Balaban J connectivity index is 3.23. The van der Waals surface area contributed by atoms with Crippen molar-refractivity contribution in [3.8, 4) is 0 Å². The summed E-state index contributed by atoms with van der Waals surface area (Å²) in [6.45, 7) is -0.138. The number of anilines is 2. The van der Waals surface area contributed by atoms with E-state index in [1.54, 1.807) is 14.1 Å². The van der Waals surface area contributed by atoms with Crippen LogP contribution in [0.15, 0.2) is 6.33 Å². The van der Waals surface area contributed by atoms with Crippen molar-refractivity contribution in [3.05, 3.63) is 16.4 Å². The molecule has 0 unspecified atom stereocenters. The molecule has 0 saturated carbocycles. The second-order valence-electron chi connectivity index (χ2n) is 3.95. The Morgan fingerprint density at radius 2 is 1.95 bits per heavy atom. The zero-order valence-corrected chi connectivity index (χ0v) is 11.2. The predicted octanol–water partition coefficient (Wildman–Crippen LogP) is 0.0600. The van der Waals surface area contributed by atoms with E-state index in [4.69, 9.17) is 0 Å². The van der Waals surface area contributed by atoms with Crippen molar-refractivity contribution in [2.45, 2.75) is 0 Å². The molecule has 104 valence electrons. The van der Waals surface area contributed by atoms with Gasteiger partial charge in [-0.05, 0) is 0 Å². The lowest BCUT2D eigenvalue weighted by molar-refractivity contribution is -0.383. The molecule has 0 atom stereocenters. The number of aromatic nitrogens is 2. The Kier molecular flexibility index (Phi) is 4.56. The van der Waals surface area contributed by atoms with E-state index >= 15 is 0 Å². The SMILES string of the molecule is COC(=O)CN(C)c1ncnc(N(C)C)c1[N+](=O)[O-]. The van der Waals surface area contributed by atoms with Gasteiger partial charge in [0, 0.05) is 21.1 Å². The molecular formula is C10H15N5O4. The maximum Gasteiger partial charge on any atom is 0.353 e. The van der Waals surface area contributed by atoms with E-state index < -0.39 is 10.9 Å². The van der Waals surface area contributed by atoms with Gasteiger partial charge in [0.2, 0.25) is 11.6 Å². The number of carbonyl (C=O) groups is 1. The van der Waals surface area contributed by atoms with Crippen LogP contribution in [0.3, 0.4) is 0 Å². The number of esters is 1. The first kappa shape index (κ1) is 14.6. The Hall–Kier alpha value is -2.45. The number of rotatable bonds is 5. The highest BCUT2D eigenvalue weighted by molar-refractivity contribution is 5.78. The molecule has 1 aromatic heterocycles. The van der Waals surface area contributed by atoms with Crippen molar-refractivity contribution in [1.29, 1.82) is 0 Å². The van der Waals surface area contributed by atoms with E-state index in [1.807, 2.05) is 0 Å². The van der Waals surface area contributed by atoms with Gasteiger partial charge in [0.25, 0.3) is 0 Å². The zero-order chi connectivity index (χ0) is 14.6. The van der Waals surface area contributed by atoms with Gasteiger partial charge in [-0.1, -0.05) is 0 Å². The molecule has 1 heterocycles. The molecule has 0 aliphatic rings. The second-order valence-corrected chi connectivity index (χ2v) is 3.95. The standard InChI is InChI=1S/C10H15N5O4/c1-13(2)9-8(15(17)18)10(12-6-11-9)14(3)5-7(16)19-4/h6H,5H2,1-4H3. The summed E-state index contributed by atoms with van der Waals surface area (Å²) in [7, 11) is 6.04. The number of methoxy groups -OCH3 is 1. The summed E-state index contributed by atoms with van der Waals surface area (Å²) in [4.78, 5) is 32.4. The van der Waals surface area contributed by atoms with E-state index in [2.05, 4.69) is 14.7 Å². The number of ether oxygens (including phenoxy) is 1. The minimum atomic E-state index is -0.571. The third-order valence-electron chi connectivity index (χ3n) is 2.35. The Morgan fingerprint density at radius 3 is 2.42 bits per heavy atom. The first-order valence-corrected chi connectivity index (χ1v) is 5.33. The number of likely N-dealkylation sites (N-methyl/N-ethyl adjacent to an activating group) is 1. The molecule has 0 aliphatic heterocycles. The predicted molar refractivity (Wildman–Crippen MR) is 68.3 cm³/mol. The lowest BCUT2D eigenvalue weighted by Crippen LogP contribution is -2.28. The molecule has 0 bridgehead atoms. The first-order valence-electron chi connectivity index (χ1n) is 5.33. The Labute approximate surface area is 110 Å². The van der Waals surface area contributed by atoms with E-state index in [0.29, 0.717) is 0 Å². The van der Waals surface area contributed by atoms with Crippen LogP contribution in [0, 0.1) is 10.1 Å². The van der Waals surface area contributed by atoms with Crippen molar-refractivity contribution in [2.24, 2.45) is 0 Å². The largest absolute Gasteiger partial charge is 0.468 e. The van der Waals surface area contributed by atoms with E-state index in [-0.39, 0.29) is 23.9 Å². The summed E-state index contributed by atoms with van der Waals surface area (Å²) in [6, 6.07) is 0. The zero-order valence-electron chi connectivity index (χ0n) is 11.2. The summed E-state index contributed by atoms with van der Waals surface area (Å²) in [5.41, 5.74) is -0.251. The molecule has 0 N–H and O–H groups in total. The molecule has 0 amide bonds. The molecule has 0 spiro atoms. The van der Waals surface area contributed by atoms with Gasteiger partial charge >= 0.3 is 11.7 Å². The quantitative estimate of drug-likeness (QED) is 0.420. The molecule has 0 fully saturated rings. The van der Waals surface area contributed by atoms with Crippen LogP contribution in [-0.2, 0) is 9.53 Å². The third-order valence-corrected chi connectivity index (χ3v) is 2.35. The van der Waals surface area contributed by atoms with Crippen molar-refractivity contribution in [1.82, 2.24) is 9.97 Å². The monoisotopic (exact) mass is 269 g/mol. The van der Waals surface area contributed by atoms with Gasteiger partial charge < -0.3 is 14.5 Å². The molecule has 9 nitrogen and oxygen atoms in total. The van der Waals surface area contributed by atoms with Gasteiger partial charge in [0.15, 0.2) is 0 Å². The van der Waals surface area contributed by atoms with Crippen LogP contribution in [0.25, 0.3) is 0 Å². The van der Waals surface area contributed by atoms with Gasteiger partial charge in [-0.3, -0.25) is 14.9 Å². The smallest absolute Gasteiger partial charge is 0.353 e. The van der Waals surface area contributed by atoms with E-state index in [0.717, 1.165) is 0 Å². The molecular weight excluding hydrogens is 254 g/mol. The van der Waals surface area contributed by atoms with Crippen LogP contribution in [0.1, 0.15) is 0 Å². The average Bonchev–Trinajstić information content (AvgIpc) is 2.37. The van der Waals surface area contributed by atoms with Crippen LogP contribution in [0.5, 0.6) is 0 Å². The molecule has 1 aromatic rings. The van der Waals surface area contributed by atoms with E-state index in [1.165, 1.54) is 30.3 Å². The maximum atomic E-state index is 11.2. The molecule has 0 radical (unpaired) electrons. The van der Waals surface area contributed by atoms with Gasteiger partial charge in [-0.25, -0.2) is 9.97 Å². The highest BCUT2D eigenvalue weighted by Gasteiger charge is 2.27. The second kappa shape index (κ2) is 5.94. The fourth-order valence-corrected chi connectivity index (χ4v) is 1.46. The highest BCUT2D eigenvalue weighted by atomic mass is 16.6. The number of nitro groups is 1. The third kappa shape index (κ3) is 3.27. The molecule has 1 rings (SSSR count). The minimum absolute atomic E-state index is 0.0640. The van der Waals surface area contributed by atoms with Gasteiger partial charge in [0.1, 0.15) is 12.9 Å². The van der Waals surface area contributed by atoms with Crippen molar-refractivity contribution in [2.75, 3.05) is 44.6 Å².